The van der Waals surface area contributed by atoms with E-state index in [1.807, 2.05) is 20.8 Å². The van der Waals surface area contributed by atoms with Crippen LogP contribution in [-0.4, -0.2) is 48.3 Å². The van der Waals surface area contributed by atoms with Gasteiger partial charge in [-0.15, -0.1) is 6.42 Å². The molecule has 2 rings (SSSR count). The van der Waals surface area contributed by atoms with E-state index < -0.39 is 12.1 Å². The summed E-state index contributed by atoms with van der Waals surface area (Å²) in [6.45, 7) is 6.12. The van der Waals surface area contributed by atoms with Crippen molar-refractivity contribution in [3.8, 4) is 12.3 Å². The van der Waals surface area contributed by atoms with Crippen LogP contribution in [0.15, 0.2) is 0 Å². The molecule has 6 heteroatoms. The zero-order chi connectivity index (χ0) is 18.8. The molecule has 2 N–H and O–H groups in total. The minimum Gasteiger partial charge on any atom is -0.461 e. The van der Waals surface area contributed by atoms with Crippen molar-refractivity contribution in [3.05, 3.63) is 0 Å². The average molecular weight is 350 g/mol. The van der Waals surface area contributed by atoms with Crippen LogP contribution in [0.1, 0.15) is 52.9 Å². The van der Waals surface area contributed by atoms with Gasteiger partial charge in [0.1, 0.15) is 12.1 Å². The summed E-state index contributed by atoms with van der Waals surface area (Å²) in [4.78, 5) is 26.2. The highest BCUT2D eigenvalue weighted by atomic mass is 16.6. The zero-order valence-corrected chi connectivity index (χ0v) is 15.7. The number of likely N-dealkylation sites (tertiary alicyclic amines) is 1. The number of carbonyl (C=O) groups excluding carboxylic acids is 2. The maximum atomic E-state index is 12.4. The minimum absolute atomic E-state index is 0.0414. The highest BCUT2D eigenvalue weighted by Crippen LogP contribution is 2.41. The zero-order valence-electron chi connectivity index (χ0n) is 15.7. The van der Waals surface area contributed by atoms with E-state index in [1.54, 1.807) is 4.90 Å². The molecule has 2 aliphatic rings. The van der Waals surface area contributed by atoms with Crippen molar-refractivity contribution >= 4 is 12.1 Å². The van der Waals surface area contributed by atoms with Gasteiger partial charge in [-0.05, 0) is 37.5 Å². The highest BCUT2D eigenvalue weighted by molar-refractivity contribution is 5.75. The number of carbonyl (C=O) groups is 2. The summed E-state index contributed by atoms with van der Waals surface area (Å²) in [5.41, 5.74) is 5.97. The van der Waals surface area contributed by atoms with Gasteiger partial charge in [0, 0.05) is 12.0 Å². The van der Waals surface area contributed by atoms with Crippen molar-refractivity contribution in [2.75, 3.05) is 7.11 Å². The van der Waals surface area contributed by atoms with Crippen molar-refractivity contribution in [1.29, 1.82) is 0 Å². The van der Waals surface area contributed by atoms with Crippen LogP contribution >= 0.6 is 0 Å². The fourth-order valence-corrected chi connectivity index (χ4v) is 4.10. The largest absolute Gasteiger partial charge is 0.461 e. The summed E-state index contributed by atoms with van der Waals surface area (Å²) in [6.07, 6.45) is 8.64. The summed E-state index contributed by atoms with van der Waals surface area (Å²) in [6, 6.07) is -0.995. The van der Waals surface area contributed by atoms with E-state index >= 15 is 0 Å². The quantitative estimate of drug-likeness (QED) is 0.624. The van der Waals surface area contributed by atoms with Crippen LogP contribution in [0.25, 0.3) is 0 Å². The standard InChI is InChI=1S/C19H30N2O4/c1-6-12-10-13-15(21(12)18(23)24-5)8-7-9-16(13)25-17(22)14(20)11-19(2,3)4/h1,12-16H,7-11,20H2,2-5H3/t12?,13-,14?,15-,16+/m1/s1. The molecule has 6 nitrogen and oxygen atoms in total. The molecule has 1 saturated carbocycles. The Morgan fingerprint density at radius 1 is 1.36 bits per heavy atom. The second-order valence-electron chi connectivity index (χ2n) is 8.30. The molecule has 5 atom stereocenters. The molecule has 0 bridgehead atoms. The third kappa shape index (κ3) is 4.46. The summed E-state index contributed by atoms with van der Waals surface area (Å²) in [5.74, 6) is 2.35. The molecular weight excluding hydrogens is 320 g/mol. The maximum absolute atomic E-state index is 12.4. The first-order chi connectivity index (χ1) is 11.7. The second-order valence-corrected chi connectivity index (χ2v) is 8.30. The predicted octanol–water partition coefficient (Wildman–Crippen LogP) is 2.30. The van der Waals surface area contributed by atoms with E-state index in [1.165, 1.54) is 7.11 Å². The third-order valence-corrected chi connectivity index (χ3v) is 5.13. The third-order valence-electron chi connectivity index (χ3n) is 5.13. The fraction of sp³-hybridized carbons (Fsp3) is 0.789. The fourth-order valence-electron chi connectivity index (χ4n) is 4.10. The lowest BCUT2D eigenvalue weighted by atomic mass is 9.82. The van der Waals surface area contributed by atoms with E-state index in [4.69, 9.17) is 21.6 Å². The Kier molecular flexibility index (Phi) is 5.99. The van der Waals surface area contributed by atoms with Crippen LogP contribution in [0.3, 0.4) is 0 Å². The normalized spacial score (nSPS) is 30.2. The SMILES string of the molecule is C#CC1C[C@H]2[C@@H](OC(=O)C(N)CC(C)(C)C)CCC[C@H]2N1C(=O)OC. The number of terminal acetylenes is 1. The number of hydrogen-bond acceptors (Lipinski definition) is 5. The van der Waals surface area contributed by atoms with Crippen LogP contribution in [0, 0.1) is 23.7 Å². The Balaban J connectivity index is 2.07. The Hall–Kier alpha value is -1.74. The number of methoxy groups -OCH3 is 1. The van der Waals surface area contributed by atoms with Crippen LogP contribution in [-0.2, 0) is 14.3 Å². The monoisotopic (exact) mass is 350 g/mol. The van der Waals surface area contributed by atoms with Gasteiger partial charge in [-0.1, -0.05) is 26.7 Å². The number of fused-ring (bicyclic) bond motifs is 1. The molecule has 0 aromatic heterocycles. The molecule has 1 heterocycles. The van der Waals surface area contributed by atoms with Crippen molar-refractivity contribution in [1.82, 2.24) is 4.90 Å². The Labute approximate surface area is 150 Å². The van der Waals surface area contributed by atoms with Gasteiger partial charge >= 0.3 is 12.1 Å². The Bertz CT molecular complexity index is 549. The van der Waals surface area contributed by atoms with Gasteiger partial charge in [-0.3, -0.25) is 9.69 Å². The lowest BCUT2D eigenvalue weighted by Gasteiger charge is -2.36. The molecule has 0 aromatic carbocycles. The van der Waals surface area contributed by atoms with Gasteiger partial charge in [0.05, 0.1) is 13.2 Å². The molecule has 25 heavy (non-hydrogen) atoms. The predicted molar refractivity (Wildman–Crippen MR) is 94.5 cm³/mol. The van der Waals surface area contributed by atoms with Crippen molar-refractivity contribution in [3.63, 3.8) is 0 Å². The molecule has 2 fully saturated rings. The summed E-state index contributed by atoms with van der Waals surface area (Å²) in [5, 5.41) is 0. The number of amides is 1. The van der Waals surface area contributed by atoms with Gasteiger partial charge < -0.3 is 15.2 Å². The van der Waals surface area contributed by atoms with Gasteiger partial charge in [0.15, 0.2) is 0 Å². The summed E-state index contributed by atoms with van der Waals surface area (Å²) in [7, 11) is 1.36. The number of hydrogen-bond donors (Lipinski definition) is 1. The Morgan fingerprint density at radius 3 is 2.60 bits per heavy atom. The molecular formula is C19H30N2O4. The number of ether oxygens (including phenoxy) is 2. The average Bonchev–Trinajstić information content (AvgIpc) is 2.92. The molecule has 2 unspecified atom stereocenters. The number of esters is 1. The lowest BCUT2D eigenvalue weighted by Crippen LogP contribution is -2.47. The van der Waals surface area contributed by atoms with Gasteiger partial charge in [-0.2, -0.15) is 0 Å². The van der Waals surface area contributed by atoms with Crippen LogP contribution in [0.2, 0.25) is 0 Å². The Morgan fingerprint density at radius 2 is 2.04 bits per heavy atom. The van der Waals surface area contributed by atoms with Crippen molar-refractivity contribution in [2.24, 2.45) is 17.1 Å². The number of nitrogens with two attached hydrogens (primary N) is 1. The maximum Gasteiger partial charge on any atom is 0.410 e. The van der Waals surface area contributed by atoms with Crippen LogP contribution in [0.4, 0.5) is 4.79 Å². The van der Waals surface area contributed by atoms with Gasteiger partial charge in [0.25, 0.3) is 0 Å². The smallest absolute Gasteiger partial charge is 0.410 e. The molecule has 0 aromatic rings. The highest BCUT2D eigenvalue weighted by Gasteiger charge is 2.49. The van der Waals surface area contributed by atoms with E-state index in [0.29, 0.717) is 12.8 Å². The molecule has 0 radical (unpaired) electrons. The molecule has 1 amide bonds. The summed E-state index contributed by atoms with van der Waals surface area (Å²) < 4.78 is 10.6. The van der Waals surface area contributed by atoms with Crippen molar-refractivity contribution in [2.45, 2.75) is 77.1 Å². The van der Waals surface area contributed by atoms with E-state index in [0.717, 1.165) is 19.3 Å². The first-order valence-electron chi connectivity index (χ1n) is 8.96. The van der Waals surface area contributed by atoms with E-state index in [2.05, 4.69) is 5.92 Å². The first kappa shape index (κ1) is 19.6. The second kappa shape index (κ2) is 7.65. The molecule has 1 saturated heterocycles. The minimum atomic E-state index is -0.637. The van der Waals surface area contributed by atoms with Gasteiger partial charge in [-0.25, -0.2) is 4.79 Å². The molecule has 140 valence electrons. The van der Waals surface area contributed by atoms with Gasteiger partial charge in [0.2, 0.25) is 0 Å². The van der Waals surface area contributed by atoms with Crippen molar-refractivity contribution < 1.29 is 19.1 Å². The van der Waals surface area contributed by atoms with Crippen LogP contribution < -0.4 is 5.73 Å². The number of nitrogens with zero attached hydrogens (tertiary/aromatic N) is 1. The molecule has 0 spiro atoms. The van der Waals surface area contributed by atoms with E-state index in [-0.39, 0.29) is 35.5 Å². The lowest BCUT2D eigenvalue weighted by molar-refractivity contribution is -0.156. The molecule has 1 aliphatic carbocycles. The first-order valence-corrected chi connectivity index (χ1v) is 8.96. The summed E-state index contributed by atoms with van der Waals surface area (Å²) >= 11 is 0. The van der Waals surface area contributed by atoms with E-state index in [9.17, 15) is 9.59 Å². The molecule has 1 aliphatic heterocycles. The van der Waals surface area contributed by atoms with Crippen LogP contribution in [0.5, 0.6) is 0 Å². The number of rotatable bonds is 3. The topological polar surface area (TPSA) is 81.9 Å².